The molecule has 6 nitrogen and oxygen atoms in total. The number of aryl methyl sites for hydroxylation is 1. The molecular weight excluding hydrogens is 366 g/mol. The second kappa shape index (κ2) is 7.69. The third-order valence-electron chi connectivity index (χ3n) is 3.51. The number of rotatable bonds is 6. The Hall–Kier alpha value is -2.68. The highest BCUT2D eigenvalue weighted by molar-refractivity contribution is 7.92. The predicted octanol–water partition coefficient (Wildman–Crippen LogP) is 2.54. The van der Waals surface area contributed by atoms with E-state index >= 15 is 0 Å². The quantitative estimate of drug-likeness (QED) is 0.831. The minimum Gasteiger partial charge on any atom is -0.483 e. The number of anilines is 1. The summed E-state index contributed by atoms with van der Waals surface area (Å²) in [5, 5.41) is 0. The molecule has 0 radical (unpaired) electrons. The zero-order valence-corrected chi connectivity index (χ0v) is 15.2. The molecule has 2 aromatic rings. The van der Waals surface area contributed by atoms with Gasteiger partial charge in [0.1, 0.15) is 23.1 Å². The van der Waals surface area contributed by atoms with Crippen LogP contribution in [0.3, 0.4) is 0 Å². The van der Waals surface area contributed by atoms with Crippen LogP contribution in [-0.4, -0.2) is 39.9 Å². The molecule has 0 aromatic heterocycles. The van der Waals surface area contributed by atoms with Crippen molar-refractivity contribution in [3.8, 4) is 5.75 Å². The van der Waals surface area contributed by atoms with E-state index in [-0.39, 0.29) is 17.4 Å². The van der Waals surface area contributed by atoms with Gasteiger partial charge in [0.2, 0.25) is 0 Å². The van der Waals surface area contributed by atoms with E-state index in [9.17, 15) is 22.0 Å². The summed E-state index contributed by atoms with van der Waals surface area (Å²) in [6, 6.07) is 6.92. The molecule has 0 spiro atoms. The first-order valence-electron chi connectivity index (χ1n) is 7.52. The topological polar surface area (TPSA) is 75.7 Å². The normalized spacial score (nSPS) is 11.1. The van der Waals surface area contributed by atoms with Crippen LogP contribution in [0.4, 0.5) is 14.5 Å². The Morgan fingerprint density at radius 3 is 2.31 bits per heavy atom. The molecule has 0 unspecified atom stereocenters. The molecule has 140 valence electrons. The molecule has 0 heterocycles. The first-order chi connectivity index (χ1) is 12.1. The van der Waals surface area contributed by atoms with E-state index in [4.69, 9.17) is 4.74 Å². The number of ether oxygens (including phenoxy) is 1. The Bertz CT molecular complexity index is 910. The van der Waals surface area contributed by atoms with Gasteiger partial charge in [-0.25, -0.2) is 17.2 Å². The van der Waals surface area contributed by atoms with Crippen molar-refractivity contribution in [2.75, 3.05) is 25.4 Å². The maximum absolute atomic E-state index is 13.7. The van der Waals surface area contributed by atoms with E-state index < -0.39 is 27.3 Å². The highest BCUT2D eigenvalue weighted by atomic mass is 32.2. The average Bonchev–Trinajstić information content (AvgIpc) is 2.56. The van der Waals surface area contributed by atoms with Crippen molar-refractivity contribution in [1.29, 1.82) is 0 Å². The van der Waals surface area contributed by atoms with Crippen LogP contribution in [0.5, 0.6) is 5.75 Å². The summed E-state index contributed by atoms with van der Waals surface area (Å²) in [5.41, 5.74) is -0.296. The Morgan fingerprint density at radius 1 is 1.15 bits per heavy atom. The van der Waals surface area contributed by atoms with Gasteiger partial charge in [-0.3, -0.25) is 9.52 Å². The third-order valence-corrected chi connectivity index (χ3v) is 4.85. The van der Waals surface area contributed by atoms with Crippen LogP contribution < -0.4 is 9.46 Å². The van der Waals surface area contributed by atoms with Crippen LogP contribution in [0.25, 0.3) is 0 Å². The molecule has 0 saturated carbocycles. The van der Waals surface area contributed by atoms with E-state index in [1.807, 2.05) is 4.72 Å². The van der Waals surface area contributed by atoms with E-state index in [0.717, 1.165) is 18.2 Å². The van der Waals surface area contributed by atoms with Gasteiger partial charge in [0.15, 0.2) is 6.61 Å². The van der Waals surface area contributed by atoms with Crippen molar-refractivity contribution < 1.29 is 26.7 Å². The number of para-hydroxylation sites is 1. The summed E-state index contributed by atoms with van der Waals surface area (Å²) < 4.78 is 59.3. The average molecular weight is 384 g/mol. The molecule has 1 amide bonds. The first-order valence-corrected chi connectivity index (χ1v) is 9.00. The van der Waals surface area contributed by atoms with Gasteiger partial charge in [0.25, 0.3) is 15.9 Å². The van der Waals surface area contributed by atoms with Gasteiger partial charge in [-0.1, -0.05) is 6.07 Å². The van der Waals surface area contributed by atoms with Gasteiger partial charge in [-0.2, -0.15) is 0 Å². The highest BCUT2D eigenvalue weighted by Crippen LogP contribution is 2.25. The van der Waals surface area contributed by atoms with Gasteiger partial charge in [0, 0.05) is 14.1 Å². The molecule has 1 N–H and O–H groups in total. The molecule has 2 aromatic carbocycles. The lowest BCUT2D eigenvalue weighted by molar-refractivity contribution is -0.130. The van der Waals surface area contributed by atoms with Gasteiger partial charge in [-0.05, 0) is 42.8 Å². The Kier molecular flexibility index (Phi) is 5.81. The summed E-state index contributed by atoms with van der Waals surface area (Å²) in [4.78, 5) is 12.7. The number of sulfonamides is 1. The van der Waals surface area contributed by atoms with E-state index in [0.29, 0.717) is 11.3 Å². The van der Waals surface area contributed by atoms with Crippen LogP contribution in [0.15, 0.2) is 41.3 Å². The number of likely N-dealkylation sites (N-methyl/N-ethyl adjacent to an activating group) is 1. The van der Waals surface area contributed by atoms with E-state index in [1.54, 1.807) is 21.0 Å². The summed E-state index contributed by atoms with van der Waals surface area (Å²) in [7, 11) is -1.03. The van der Waals surface area contributed by atoms with E-state index in [2.05, 4.69) is 0 Å². The zero-order chi connectivity index (χ0) is 19.5. The predicted molar refractivity (Wildman–Crippen MR) is 92.5 cm³/mol. The number of hydrogen-bond acceptors (Lipinski definition) is 4. The molecule has 26 heavy (non-hydrogen) atoms. The van der Waals surface area contributed by atoms with Crippen LogP contribution >= 0.6 is 0 Å². The molecule has 0 aliphatic heterocycles. The Labute approximate surface area is 150 Å². The summed E-state index contributed by atoms with van der Waals surface area (Å²) in [6.45, 7) is 1.40. The lowest BCUT2D eigenvalue weighted by atomic mass is 10.2. The maximum Gasteiger partial charge on any atom is 0.262 e. The number of nitrogens with zero attached hydrogens (tertiary/aromatic N) is 1. The molecule has 0 aliphatic rings. The largest absolute Gasteiger partial charge is 0.483 e. The van der Waals surface area contributed by atoms with Gasteiger partial charge < -0.3 is 9.64 Å². The van der Waals surface area contributed by atoms with Gasteiger partial charge in [-0.15, -0.1) is 0 Å². The standard InChI is InChI=1S/C17H18F2N2O4S/c1-11-9-12(7-8-15(11)25-10-16(22)21(2)3)26(23,24)20-17-13(18)5-4-6-14(17)19/h4-9,20H,10H2,1-3H3. The van der Waals surface area contributed by atoms with Gasteiger partial charge >= 0.3 is 0 Å². The van der Waals surface area contributed by atoms with Crippen molar-refractivity contribution in [2.24, 2.45) is 0 Å². The molecule has 0 atom stereocenters. The molecule has 0 bridgehead atoms. The van der Waals surface area contributed by atoms with Gasteiger partial charge in [0.05, 0.1) is 4.90 Å². The number of carbonyl (C=O) groups is 1. The van der Waals surface area contributed by atoms with Crippen molar-refractivity contribution in [3.63, 3.8) is 0 Å². The van der Waals surface area contributed by atoms with Crippen molar-refractivity contribution in [1.82, 2.24) is 4.90 Å². The number of nitrogens with one attached hydrogen (secondary N) is 1. The van der Waals surface area contributed by atoms with Crippen LogP contribution in [0.1, 0.15) is 5.56 Å². The minimum atomic E-state index is -4.20. The maximum atomic E-state index is 13.7. The fraction of sp³-hybridized carbons (Fsp3) is 0.235. The molecule has 0 aliphatic carbocycles. The molecule has 2 rings (SSSR count). The van der Waals surface area contributed by atoms with Crippen molar-refractivity contribution >= 4 is 21.6 Å². The second-order valence-electron chi connectivity index (χ2n) is 5.71. The second-order valence-corrected chi connectivity index (χ2v) is 7.39. The number of hydrogen-bond donors (Lipinski definition) is 1. The Morgan fingerprint density at radius 2 is 1.77 bits per heavy atom. The van der Waals surface area contributed by atoms with Crippen LogP contribution in [0, 0.1) is 18.6 Å². The summed E-state index contributed by atoms with van der Waals surface area (Å²) in [6.07, 6.45) is 0. The zero-order valence-electron chi connectivity index (χ0n) is 14.4. The lowest BCUT2D eigenvalue weighted by Crippen LogP contribution is -2.27. The molecule has 0 saturated heterocycles. The first kappa shape index (κ1) is 19.6. The number of carbonyl (C=O) groups excluding carboxylic acids is 1. The number of benzene rings is 2. The lowest BCUT2D eigenvalue weighted by Gasteiger charge is -2.14. The minimum absolute atomic E-state index is 0.191. The monoisotopic (exact) mass is 384 g/mol. The molecule has 0 fully saturated rings. The summed E-state index contributed by atoms with van der Waals surface area (Å²) in [5.74, 6) is -1.96. The summed E-state index contributed by atoms with van der Waals surface area (Å²) >= 11 is 0. The molecular formula is C17H18F2N2O4S. The third kappa shape index (κ3) is 4.48. The smallest absolute Gasteiger partial charge is 0.262 e. The van der Waals surface area contributed by atoms with Crippen molar-refractivity contribution in [3.05, 3.63) is 53.6 Å². The number of amides is 1. The Balaban J connectivity index is 2.23. The molecule has 9 heteroatoms. The van der Waals surface area contributed by atoms with Crippen LogP contribution in [-0.2, 0) is 14.8 Å². The van der Waals surface area contributed by atoms with Crippen molar-refractivity contribution in [2.45, 2.75) is 11.8 Å². The SMILES string of the molecule is Cc1cc(S(=O)(=O)Nc2c(F)cccc2F)ccc1OCC(=O)N(C)C. The fourth-order valence-corrected chi connectivity index (χ4v) is 3.17. The fourth-order valence-electron chi connectivity index (χ4n) is 2.01. The highest BCUT2D eigenvalue weighted by Gasteiger charge is 2.20. The van der Waals surface area contributed by atoms with E-state index in [1.165, 1.54) is 23.1 Å². The van der Waals surface area contributed by atoms with Crippen LogP contribution in [0.2, 0.25) is 0 Å². The number of halogens is 2.